The fourth-order valence-corrected chi connectivity index (χ4v) is 7.32. The van der Waals surface area contributed by atoms with E-state index in [2.05, 4.69) is 54.0 Å². The molecule has 32 heavy (non-hydrogen) atoms. The molecule has 5 saturated heterocycles. The molecule has 176 valence electrons. The predicted molar refractivity (Wildman–Crippen MR) is 120 cm³/mol. The summed E-state index contributed by atoms with van der Waals surface area (Å²) in [5.74, 6) is 1.13. The van der Waals surface area contributed by atoms with Crippen molar-refractivity contribution in [1.82, 2.24) is 9.80 Å². The normalized spacial score (nSPS) is 47.1. The van der Waals surface area contributed by atoms with E-state index in [4.69, 9.17) is 19.2 Å². The van der Waals surface area contributed by atoms with Gasteiger partial charge in [0.2, 0.25) is 5.79 Å². The van der Waals surface area contributed by atoms with Crippen molar-refractivity contribution in [3.05, 3.63) is 35.9 Å². The molecule has 0 aromatic heterocycles. The van der Waals surface area contributed by atoms with Crippen molar-refractivity contribution >= 4 is 0 Å². The third-order valence-corrected chi connectivity index (χ3v) is 9.14. The average molecular weight is 443 g/mol. The van der Waals surface area contributed by atoms with Crippen molar-refractivity contribution in [3.63, 3.8) is 0 Å². The van der Waals surface area contributed by atoms with E-state index in [9.17, 15) is 0 Å². The van der Waals surface area contributed by atoms with E-state index >= 15 is 0 Å². The number of hydrogen-bond acceptors (Lipinski definition) is 6. The third-order valence-electron chi connectivity index (χ3n) is 9.14. The monoisotopic (exact) mass is 442 g/mol. The number of rotatable bonds is 3. The van der Waals surface area contributed by atoms with Crippen LogP contribution in [0.25, 0.3) is 0 Å². The van der Waals surface area contributed by atoms with Gasteiger partial charge in [-0.25, -0.2) is 9.78 Å². The molecule has 1 unspecified atom stereocenters. The Morgan fingerprint density at radius 3 is 2.50 bits per heavy atom. The summed E-state index contributed by atoms with van der Waals surface area (Å²) in [6.45, 7) is 12.0. The van der Waals surface area contributed by atoms with Crippen molar-refractivity contribution in [3.8, 4) is 0 Å². The lowest BCUT2D eigenvalue weighted by Crippen LogP contribution is -2.72. The molecule has 1 saturated carbocycles. The number of piperazine rings is 1. The van der Waals surface area contributed by atoms with Crippen molar-refractivity contribution in [1.29, 1.82) is 0 Å². The molecule has 1 aromatic carbocycles. The van der Waals surface area contributed by atoms with Crippen LogP contribution in [0.1, 0.15) is 52.0 Å². The zero-order valence-corrected chi connectivity index (χ0v) is 19.7. The summed E-state index contributed by atoms with van der Waals surface area (Å²) in [4.78, 5) is 17.4. The summed E-state index contributed by atoms with van der Waals surface area (Å²) in [6.07, 6.45) is 4.11. The summed E-state index contributed by atoms with van der Waals surface area (Å²) >= 11 is 0. The van der Waals surface area contributed by atoms with Gasteiger partial charge in [-0.05, 0) is 43.6 Å². The molecule has 2 bridgehead atoms. The van der Waals surface area contributed by atoms with Gasteiger partial charge in [-0.2, -0.15) is 0 Å². The maximum atomic E-state index is 6.83. The van der Waals surface area contributed by atoms with E-state index in [0.717, 1.165) is 52.0 Å². The van der Waals surface area contributed by atoms with Crippen LogP contribution in [0.4, 0.5) is 0 Å². The highest BCUT2D eigenvalue weighted by atomic mass is 17.3. The number of nitrogens with zero attached hydrogens (tertiary/aromatic N) is 2. The van der Waals surface area contributed by atoms with Crippen LogP contribution in [0, 0.1) is 23.7 Å². The third kappa shape index (κ3) is 3.38. The maximum Gasteiger partial charge on any atom is 0.201 e. The van der Waals surface area contributed by atoms with Crippen LogP contribution in [-0.2, 0) is 25.8 Å². The lowest BCUT2D eigenvalue weighted by molar-refractivity contribution is -0.574. The molecule has 8 atom stereocenters. The summed E-state index contributed by atoms with van der Waals surface area (Å²) in [6, 6.07) is 10.8. The average Bonchev–Trinajstić information content (AvgIpc) is 3.03. The molecule has 6 aliphatic rings. The van der Waals surface area contributed by atoms with Gasteiger partial charge < -0.3 is 9.47 Å². The van der Waals surface area contributed by atoms with Crippen LogP contribution >= 0.6 is 0 Å². The van der Waals surface area contributed by atoms with Gasteiger partial charge in [0.05, 0.1) is 0 Å². The van der Waals surface area contributed by atoms with Crippen LogP contribution < -0.4 is 0 Å². The second-order valence-electron chi connectivity index (χ2n) is 11.1. The quantitative estimate of drug-likeness (QED) is 0.659. The minimum absolute atomic E-state index is 0.0788. The van der Waals surface area contributed by atoms with Gasteiger partial charge >= 0.3 is 0 Å². The van der Waals surface area contributed by atoms with Gasteiger partial charge in [-0.15, -0.1) is 0 Å². The molecule has 6 nitrogen and oxygen atoms in total. The van der Waals surface area contributed by atoms with Gasteiger partial charge in [0.1, 0.15) is 6.23 Å². The van der Waals surface area contributed by atoms with Gasteiger partial charge in [-0.1, -0.05) is 44.2 Å². The Labute approximate surface area is 192 Å². The van der Waals surface area contributed by atoms with Crippen LogP contribution in [0.2, 0.25) is 0 Å². The van der Waals surface area contributed by atoms with Crippen LogP contribution in [0.15, 0.2) is 30.3 Å². The Morgan fingerprint density at radius 1 is 0.938 bits per heavy atom. The molecule has 6 heteroatoms. The van der Waals surface area contributed by atoms with Gasteiger partial charge in [0.25, 0.3) is 0 Å². The first-order valence-corrected chi connectivity index (χ1v) is 12.7. The molecule has 5 aliphatic heterocycles. The maximum absolute atomic E-state index is 6.83. The second-order valence-corrected chi connectivity index (χ2v) is 11.1. The fourth-order valence-electron chi connectivity index (χ4n) is 7.32. The number of hydrogen-bond donors (Lipinski definition) is 0. The standard InChI is InChI=1S/C26H38N2O4/c1-18-9-10-22-19(2)23(28-15-13-27(14-16-28)17-20-7-5-4-6-8-20)29-24-26(22)21(18)11-12-25(3,30-24)31-32-26/h4-8,18-19,21-24H,9-17H2,1-3H3/t18-,19-,21+,22?,23-,24+,25+,26-/m1/s1. The zero-order valence-electron chi connectivity index (χ0n) is 19.7. The van der Waals surface area contributed by atoms with E-state index in [1.807, 2.05) is 6.92 Å². The Morgan fingerprint density at radius 2 is 1.72 bits per heavy atom. The van der Waals surface area contributed by atoms with Gasteiger partial charge in [0, 0.05) is 51.0 Å². The van der Waals surface area contributed by atoms with Crippen molar-refractivity contribution < 1.29 is 19.2 Å². The van der Waals surface area contributed by atoms with Gasteiger partial charge in [0.15, 0.2) is 11.9 Å². The van der Waals surface area contributed by atoms with Crippen LogP contribution in [0.5, 0.6) is 0 Å². The van der Waals surface area contributed by atoms with E-state index < -0.39 is 11.4 Å². The lowest BCUT2D eigenvalue weighted by Gasteiger charge is -2.61. The SMILES string of the molecule is C[C@@H]1CCC2[C@@H](C)[C@H](N3CCN(Cc4ccccc4)CC3)O[C@H]3O[C@]4(C)CC[C@@H]1[C@@]23OO4. The number of ether oxygens (including phenoxy) is 2. The Bertz CT molecular complexity index is 815. The highest BCUT2D eigenvalue weighted by Gasteiger charge is 2.69. The molecule has 6 fully saturated rings. The molecule has 7 rings (SSSR count). The summed E-state index contributed by atoms with van der Waals surface area (Å²) < 4.78 is 13.4. The van der Waals surface area contributed by atoms with Crippen molar-refractivity contribution in [2.75, 3.05) is 26.2 Å². The lowest BCUT2D eigenvalue weighted by atomic mass is 9.58. The first-order chi connectivity index (χ1) is 15.5. The molecular weight excluding hydrogens is 404 g/mol. The molecular formula is C26H38N2O4. The first-order valence-electron chi connectivity index (χ1n) is 12.7. The molecule has 5 heterocycles. The largest absolute Gasteiger partial charge is 0.331 e. The van der Waals surface area contributed by atoms with Crippen LogP contribution in [0.3, 0.4) is 0 Å². The molecule has 1 spiro atoms. The summed E-state index contributed by atoms with van der Waals surface area (Å²) in [5, 5.41) is 0. The number of benzene rings is 1. The topological polar surface area (TPSA) is 43.4 Å². The van der Waals surface area contributed by atoms with Crippen LogP contribution in [-0.4, -0.2) is 59.9 Å². The molecule has 1 aromatic rings. The van der Waals surface area contributed by atoms with E-state index in [1.54, 1.807) is 0 Å². The molecule has 1 aliphatic carbocycles. The van der Waals surface area contributed by atoms with Crippen molar-refractivity contribution in [2.24, 2.45) is 23.7 Å². The molecule has 0 amide bonds. The summed E-state index contributed by atoms with van der Waals surface area (Å²) in [7, 11) is 0. The van der Waals surface area contributed by atoms with E-state index in [1.165, 1.54) is 12.0 Å². The van der Waals surface area contributed by atoms with Crippen molar-refractivity contribution in [2.45, 2.75) is 76.9 Å². The second kappa shape index (κ2) is 8.03. The molecule has 0 radical (unpaired) electrons. The minimum atomic E-state index is -0.697. The van der Waals surface area contributed by atoms with E-state index in [-0.39, 0.29) is 12.5 Å². The fraction of sp³-hybridized carbons (Fsp3) is 0.769. The van der Waals surface area contributed by atoms with Gasteiger partial charge in [-0.3, -0.25) is 9.80 Å². The Hall–Kier alpha value is -1.02. The first kappa shape index (κ1) is 21.5. The zero-order chi connectivity index (χ0) is 21.9. The predicted octanol–water partition coefficient (Wildman–Crippen LogP) is 4.01. The highest BCUT2D eigenvalue weighted by molar-refractivity contribution is 5.14. The Balaban J connectivity index is 1.19. The minimum Gasteiger partial charge on any atom is -0.331 e. The molecule has 0 N–H and O–H groups in total. The number of fused-ring (bicyclic) bond motifs is 2. The van der Waals surface area contributed by atoms with E-state index in [0.29, 0.717) is 23.7 Å². The highest BCUT2D eigenvalue weighted by Crippen LogP contribution is 2.60. The smallest absolute Gasteiger partial charge is 0.201 e. The Kier molecular flexibility index (Phi) is 5.40. The summed E-state index contributed by atoms with van der Waals surface area (Å²) in [5.41, 5.74) is 0.930.